The third-order valence-corrected chi connectivity index (χ3v) is 4.09. The first-order valence-electron chi connectivity index (χ1n) is 7.08. The molecule has 0 heterocycles. The quantitative estimate of drug-likeness (QED) is 0.530. The highest BCUT2D eigenvalue weighted by Gasteiger charge is 2.32. The van der Waals surface area contributed by atoms with E-state index in [1.165, 1.54) is 38.5 Å². The second kappa shape index (κ2) is 8.12. The Morgan fingerprint density at radius 3 is 1.50 bits per heavy atom. The zero-order valence-corrected chi connectivity index (χ0v) is 11.3. The van der Waals surface area contributed by atoms with E-state index in [-0.39, 0.29) is 6.15 Å². The third kappa shape index (κ3) is 4.51. The summed E-state index contributed by atoms with van der Waals surface area (Å²) in [6.07, 6.45) is 12.1. The molecule has 18 heavy (non-hydrogen) atoms. The van der Waals surface area contributed by atoms with Gasteiger partial charge in [0, 0.05) is 12.1 Å². The van der Waals surface area contributed by atoms with Crippen molar-refractivity contribution in [3.8, 4) is 0 Å². The Morgan fingerprint density at radius 1 is 0.778 bits per heavy atom. The van der Waals surface area contributed by atoms with Crippen LogP contribution in [0.2, 0.25) is 0 Å². The van der Waals surface area contributed by atoms with E-state index < -0.39 is 7.32 Å². The van der Waals surface area contributed by atoms with E-state index in [9.17, 15) is 0 Å². The molecular weight excluding hydrogens is 231 g/mol. The van der Waals surface area contributed by atoms with Gasteiger partial charge in [-0.2, -0.15) is 5.06 Å². The van der Waals surface area contributed by atoms with Crippen LogP contribution in [0.1, 0.15) is 64.2 Å². The summed E-state index contributed by atoms with van der Waals surface area (Å²) in [7, 11) is -1.67. The van der Waals surface area contributed by atoms with Crippen LogP contribution in [0, 0.1) is 0 Å². The summed E-state index contributed by atoms with van der Waals surface area (Å²) < 4.78 is 5.27. The maximum absolute atomic E-state index is 9.08. The largest absolute Gasteiger partial charge is 0.651 e. The Labute approximate surface area is 110 Å². The minimum absolute atomic E-state index is 0. The van der Waals surface area contributed by atoms with Crippen LogP contribution >= 0.6 is 0 Å². The number of hydroxylamine groups is 2. The Kier molecular flexibility index (Phi) is 7.18. The van der Waals surface area contributed by atoms with Gasteiger partial charge in [-0.3, -0.25) is 4.76 Å². The molecule has 0 aromatic carbocycles. The minimum Gasteiger partial charge on any atom is -0.401 e. The molecule has 0 unspecified atom stereocenters. The molecule has 2 rings (SSSR count). The molecule has 2 aliphatic rings. The van der Waals surface area contributed by atoms with Gasteiger partial charge >= 0.3 is 7.32 Å². The summed E-state index contributed by atoms with van der Waals surface area (Å²) in [5.74, 6) is 0. The average Bonchev–Trinajstić information content (AvgIpc) is 2.38. The molecule has 0 amide bonds. The van der Waals surface area contributed by atoms with Crippen LogP contribution in [0.25, 0.3) is 0 Å². The Morgan fingerprint density at radius 2 is 1.17 bits per heavy atom. The molecule has 5 N–H and O–H groups in total. The van der Waals surface area contributed by atoms with Crippen molar-refractivity contribution in [2.45, 2.75) is 76.3 Å². The van der Waals surface area contributed by atoms with E-state index in [4.69, 9.17) is 14.8 Å². The van der Waals surface area contributed by atoms with Crippen LogP contribution in [-0.4, -0.2) is 34.5 Å². The van der Waals surface area contributed by atoms with Crippen molar-refractivity contribution in [2.75, 3.05) is 0 Å². The van der Waals surface area contributed by atoms with Gasteiger partial charge in [0.15, 0.2) is 0 Å². The molecule has 0 radical (unpaired) electrons. The van der Waals surface area contributed by atoms with Gasteiger partial charge in [-0.15, -0.1) is 0 Å². The van der Waals surface area contributed by atoms with E-state index in [0.29, 0.717) is 12.1 Å². The van der Waals surface area contributed by atoms with Crippen LogP contribution in [-0.2, 0) is 4.76 Å². The zero-order chi connectivity index (χ0) is 12.1. The fraction of sp³-hybridized carbons (Fsp3) is 1.00. The fourth-order valence-corrected chi connectivity index (χ4v) is 3.25. The lowest BCUT2D eigenvalue weighted by Gasteiger charge is -2.40. The van der Waals surface area contributed by atoms with E-state index in [1.807, 2.05) is 5.06 Å². The first-order chi connectivity index (χ1) is 8.27. The van der Waals surface area contributed by atoms with Crippen LogP contribution in [0.15, 0.2) is 0 Å². The molecule has 5 nitrogen and oxygen atoms in total. The highest BCUT2D eigenvalue weighted by molar-refractivity contribution is 6.32. The van der Waals surface area contributed by atoms with Gasteiger partial charge < -0.3 is 16.2 Å². The van der Waals surface area contributed by atoms with Crippen molar-refractivity contribution in [1.82, 2.24) is 11.2 Å². The molecule has 2 saturated carbocycles. The maximum Gasteiger partial charge on any atom is 0.651 e. The van der Waals surface area contributed by atoms with Gasteiger partial charge in [-0.1, -0.05) is 38.5 Å². The van der Waals surface area contributed by atoms with Crippen molar-refractivity contribution < 1.29 is 14.8 Å². The van der Waals surface area contributed by atoms with E-state index in [1.54, 1.807) is 0 Å². The van der Waals surface area contributed by atoms with Gasteiger partial charge in [0.1, 0.15) is 0 Å². The first kappa shape index (κ1) is 15.9. The average molecular weight is 258 g/mol. The molecule has 6 heteroatoms. The standard InChI is InChI=1S/C12H24BNO3.H3N/c15-13(16)17-14(11-7-3-1-4-8-11)12-9-5-2-6-10-12;/h11-12,15-16H,1-10H2;1H3. The van der Waals surface area contributed by atoms with Crippen LogP contribution in [0.4, 0.5) is 0 Å². The smallest absolute Gasteiger partial charge is 0.401 e. The summed E-state index contributed by atoms with van der Waals surface area (Å²) in [4.78, 5) is 0. The molecule has 2 aliphatic carbocycles. The summed E-state index contributed by atoms with van der Waals surface area (Å²) >= 11 is 0. The Bertz CT molecular complexity index is 201. The Hall–Kier alpha value is -0.135. The predicted octanol–water partition coefficient (Wildman–Crippen LogP) is 2.02. The molecule has 0 aliphatic heterocycles. The predicted molar refractivity (Wildman–Crippen MR) is 71.9 cm³/mol. The number of rotatable bonds is 4. The van der Waals surface area contributed by atoms with E-state index in [0.717, 1.165) is 25.7 Å². The maximum atomic E-state index is 9.08. The monoisotopic (exact) mass is 258 g/mol. The van der Waals surface area contributed by atoms with E-state index in [2.05, 4.69) is 0 Å². The lowest BCUT2D eigenvalue weighted by molar-refractivity contribution is -0.171. The number of hydrogen-bond acceptors (Lipinski definition) is 5. The van der Waals surface area contributed by atoms with Gasteiger partial charge in [0.05, 0.1) is 0 Å². The molecule has 0 atom stereocenters. The normalized spacial score (nSPS) is 22.8. The lowest BCUT2D eigenvalue weighted by Crippen LogP contribution is -2.48. The number of hydrogen-bond donors (Lipinski definition) is 3. The highest BCUT2D eigenvalue weighted by Crippen LogP contribution is 2.30. The van der Waals surface area contributed by atoms with Gasteiger partial charge in [0.25, 0.3) is 0 Å². The topological polar surface area (TPSA) is 87.9 Å². The second-order valence-corrected chi connectivity index (χ2v) is 5.38. The molecule has 106 valence electrons. The molecule has 0 aromatic heterocycles. The van der Waals surface area contributed by atoms with Gasteiger partial charge in [0.2, 0.25) is 0 Å². The van der Waals surface area contributed by atoms with Crippen molar-refractivity contribution in [1.29, 1.82) is 0 Å². The molecular formula is C12H27BN2O3. The summed E-state index contributed by atoms with van der Waals surface area (Å²) in [6, 6.07) is 0.766. The van der Waals surface area contributed by atoms with Gasteiger partial charge in [-0.25, -0.2) is 0 Å². The van der Waals surface area contributed by atoms with Gasteiger partial charge in [-0.05, 0) is 25.7 Å². The molecule has 0 spiro atoms. The molecule has 0 saturated heterocycles. The lowest BCUT2D eigenvalue weighted by atomic mass is 9.90. The first-order valence-corrected chi connectivity index (χ1v) is 7.08. The Balaban J connectivity index is 0.00000162. The number of nitrogens with zero attached hydrogens (tertiary/aromatic N) is 1. The van der Waals surface area contributed by atoms with Crippen molar-refractivity contribution in [3.05, 3.63) is 0 Å². The summed E-state index contributed by atoms with van der Waals surface area (Å²) in [5.41, 5.74) is 0. The molecule has 0 bridgehead atoms. The van der Waals surface area contributed by atoms with Crippen molar-refractivity contribution in [2.24, 2.45) is 0 Å². The summed E-state index contributed by atoms with van der Waals surface area (Å²) in [6.45, 7) is 0. The van der Waals surface area contributed by atoms with Crippen LogP contribution in [0.3, 0.4) is 0 Å². The second-order valence-electron chi connectivity index (χ2n) is 5.38. The van der Waals surface area contributed by atoms with Crippen molar-refractivity contribution in [3.63, 3.8) is 0 Å². The third-order valence-electron chi connectivity index (χ3n) is 4.09. The fourth-order valence-electron chi connectivity index (χ4n) is 3.25. The zero-order valence-electron chi connectivity index (χ0n) is 11.3. The molecule has 0 aromatic rings. The van der Waals surface area contributed by atoms with Crippen LogP contribution < -0.4 is 6.15 Å². The SMILES string of the molecule is N.OB(O)ON(C1CCCCC1)C1CCCCC1. The summed E-state index contributed by atoms with van der Waals surface area (Å²) in [5, 5.41) is 20.1. The molecule has 2 fully saturated rings. The van der Waals surface area contributed by atoms with Crippen molar-refractivity contribution >= 4 is 7.32 Å². The van der Waals surface area contributed by atoms with E-state index >= 15 is 0 Å². The van der Waals surface area contributed by atoms with Crippen LogP contribution in [0.5, 0.6) is 0 Å². The highest BCUT2D eigenvalue weighted by atomic mass is 16.7. The minimum atomic E-state index is -1.67.